The van der Waals surface area contributed by atoms with Gasteiger partial charge >= 0.3 is 5.63 Å². The molecule has 1 aliphatic rings. The Morgan fingerprint density at radius 3 is 2.86 bits per heavy atom. The van der Waals surface area contributed by atoms with E-state index in [1.54, 1.807) is 17.8 Å². The molecule has 0 bridgehead atoms. The van der Waals surface area contributed by atoms with Crippen LogP contribution in [0.25, 0.3) is 22.2 Å². The number of hydrogen-bond acceptors (Lipinski definition) is 7. The van der Waals surface area contributed by atoms with Gasteiger partial charge in [-0.25, -0.2) is 9.78 Å². The SMILES string of the molecule is O=c1oc2ccccc2cc1-c1csc(SC[C@@H]2COc3ccccc3O2)n1. The van der Waals surface area contributed by atoms with E-state index in [-0.39, 0.29) is 11.7 Å². The number of nitrogens with zero attached hydrogens (tertiary/aromatic N) is 1. The smallest absolute Gasteiger partial charge is 0.345 e. The van der Waals surface area contributed by atoms with Crippen molar-refractivity contribution in [1.82, 2.24) is 4.98 Å². The van der Waals surface area contributed by atoms with Gasteiger partial charge in [-0.2, -0.15) is 0 Å². The molecule has 0 fully saturated rings. The summed E-state index contributed by atoms with van der Waals surface area (Å²) in [6.07, 6.45) is -0.0435. The highest BCUT2D eigenvalue weighted by Crippen LogP contribution is 2.34. The van der Waals surface area contributed by atoms with Crippen LogP contribution in [0.4, 0.5) is 0 Å². The van der Waals surface area contributed by atoms with E-state index in [9.17, 15) is 4.79 Å². The van der Waals surface area contributed by atoms with E-state index in [2.05, 4.69) is 4.98 Å². The first kappa shape index (κ1) is 17.3. The summed E-state index contributed by atoms with van der Waals surface area (Å²) in [5, 5.41) is 2.77. The number of benzene rings is 2. The summed E-state index contributed by atoms with van der Waals surface area (Å²) in [5.74, 6) is 2.27. The van der Waals surface area contributed by atoms with Crippen molar-refractivity contribution in [1.29, 1.82) is 0 Å². The maximum Gasteiger partial charge on any atom is 0.345 e. The molecule has 5 rings (SSSR count). The number of aromatic nitrogens is 1. The van der Waals surface area contributed by atoms with Crippen molar-refractivity contribution >= 4 is 34.1 Å². The summed E-state index contributed by atoms with van der Waals surface area (Å²) >= 11 is 3.10. The molecule has 0 unspecified atom stereocenters. The third-order valence-electron chi connectivity index (χ3n) is 4.36. The maximum atomic E-state index is 12.3. The summed E-state index contributed by atoms with van der Waals surface area (Å²) < 4.78 is 18.0. The van der Waals surface area contributed by atoms with Gasteiger partial charge in [0, 0.05) is 16.5 Å². The minimum atomic E-state index is -0.374. The lowest BCUT2D eigenvalue weighted by atomic mass is 10.1. The average molecular weight is 409 g/mol. The molecule has 2 aromatic carbocycles. The van der Waals surface area contributed by atoms with Crippen LogP contribution in [0, 0.1) is 0 Å². The molecule has 0 saturated heterocycles. The van der Waals surface area contributed by atoms with E-state index in [4.69, 9.17) is 13.9 Å². The van der Waals surface area contributed by atoms with Gasteiger partial charge in [0.1, 0.15) is 18.3 Å². The van der Waals surface area contributed by atoms with Crippen LogP contribution in [0.15, 0.2) is 73.5 Å². The van der Waals surface area contributed by atoms with Crippen LogP contribution < -0.4 is 15.1 Å². The Morgan fingerprint density at radius 1 is 1.11 bits per heavy atom. The second kappa shape index (κ2) is 7.33. The monoisotopic (exact) mass is 409 g/mol. The first-order valence-corrected chi connectivity index (χ1v) is 10.6. The van der Waals surface area contributed by atoms with Crippen molar-refractivity contribution in [2.45, 2.75) is 10.4 Å². The van der Waals surface area contributed by atoms with Gasteiger partial charge in [-0.3, -0.25) is 0 Å². The molecular formula is C21H15NO4S2. The molecule has 7 heteroatoms. The van der Waals surface area contributed by atoms with Gasteiger partial charge in [-0.05, 0) is 24.3 Å². The van der Waals surface area contributed by atoms with Crippen molar-refractivity contribution in [3.63, 3.8) is 0 Å². The summed E-state index contributed by atoms with van der Waals surface area (Å²) in [6.45, 7) is 0.510. The van der Waals surface area contributed by atoms with Gasteiger partial charge in [0.25, 0.3) is 0 Å². The second-order valence-electron chi connectivity index (χ2n) is 6.29. The Bertz CT molecular complexity index is 1200. The number of ether oxygens (including phenoxy) is 2. The number of rotatable bonds is 4. The Balaban J connectivity index is 1.31. The summed E-state index contributed by atoms with van der Waals surface area (Å²) in [6, 6.07) is 17.0. The van der Waals surface area contributed by atoms with E-state index in [0.29, 0.717) is 29.2 Å². The van der Waals surface area contributed by atoms with Crippen molar-refractivity contribution < 1.29 is 13.9 Å². The standard InChI is InChI=1S/C21H15NO4S2/c23-20-15(9-13-5-1-2-6-17(13)26-20)16-12-28-21(22-16)27-11-14-10-24-18-7-3-4-8-19(18)25-14/h1-9,12,14H,10-11H2/t14-/m0/s1. The number of fused-ring (bicyclic) bond motifs is 2. The van der Waals surface area contributed by atoms with Crippen LogP contribution in [0.3, 0.4) is 0 Å². The van der Waals surface area contributed by atoms with Gasteiger partial charge in [0.15, 0.2) is 15.8 Å². The van der Waals surface area contributed by atoms with Crippen molar-refractivity contribution in [3.05, 3.63) is 70.4 Å². The molecule has 0 saturated carbocycles. The Labute approximate surface area is 168 Å². The number of thioether (sulfide) groups is 1. The third kappa shape index (κ3) is 3.39. The number of hydrogen-bond donors (Lipinski definition) is 0. The van der Waals surface area contributed by atoms with Crippen LogP contribution >= 0.6 is 23.1 Å². The lowest BCUT2D eigenvalue weighted by molar-refractivity contribution is 0.107. The Morgan fingerprint density at radius 2 is 1.93 bits per heavy atom. The van der Waals surface area contributed by atoms with E-state index < -0.39 is 0 Å². The van der Waals surface area contributed by atoms with Crippen LogP contribution in [0.1, 0.15) is 0 Å². The maximum absolute atomic E-state index is 12.3. The van der Waals surface area contributed by atoms with Crippen molar-refractivity contribution in [3.8, 4) is 22.8 Å². The molecule has 5 nitrogen and oxygen atoms in total. The molecule has 3 heterocycles. The Hall–Kier alpha value is -2.77. The van der Waals surface area contributed by atoms with Crippen LogP contribution in [-0.2, 0) is 0 Å². The molecule has 0 amide bonds. The largest absolute Gasteiger partial charge is 0.486 e. The lowest BCUT2D eigenvalue weighted by Gasteiger charge is -2.25. The minimum Gasteiger partial charge on any atom is -0.486 e. The Kier molecular flexibility index (Phi) is 4.54. The molecule has 140 valence electrons. The van der Waals surface area contributed by atoms with Crippen molar-refractivity contribution in [2.75, 3.05) is 12.4 Å². The molecular weight excluding hydrogens is 394 g/mol. The fourth-order valence-corrected chi connectivity index (χ4v) is 4.82. The van der Waals surface area contributed by atoms with E-state index in [1.807, 2.05) is 53.9 Å². The zero-order chi connectivity index (χ0) is 18.9. The quantitative estimate of drug-likeness (QED) is 0.355. The molecule has 2 aromatic heterocycles. The minimum absolute atomic E-state index is 0.0435. The van der Waals surface area contributed by atoms with E-state index in [0.717, 1.165) is 21.2 Å². The summed E-state index contributed by atoms with van der Waals surface area (Å²) in [4.78, 5) is 16.9. The van der Waals surface area contributed by atoms with E-state index in [1.165, 1.54) is 11.3 Å². The van der Waals surface area contributed by atoms with Gasteiger partial charge in [-0.1, -0.05) is 42.1 Å². The molecule has 1 atom stereocenters. The van der Waals surface area contributed by atoms with Crippen LogP contribution in [-0.4, -0.2) is 23.4 Å². The molecule has 1 aliphatic heterocycles. The normalized spacial score (nSPS) is 15.6. The van der Waals surface area contributed by atoms with Gasteiger partial charge < -0.3 is 13.9 Å². The molecule has 0 spiro atoms. The third-order valence-corrected chi connectivity index (χ3v) is 6.51. The van der Waals surface area contributed by atoms with Crippen LogP contribution in [0.5, 0.6) is 11.5 Å². The number of para-hydroxylation sites is 3. The first-order valence-electron chi connectivity index (χ1n) is 8.76. The fraction of sp³-hybridized carbons (Fsp3) is 0.143. The van der Waals surface area contributed by atoms with Crippen LogP contribution in [0.2, 0.25) is 0 Å². The summed E-state index contributed by atoms with van der Waals surface area (Å²) in [5.41, 5.74) is 1.32. The van der Waals surface area contributed by atoms with Gasteiger partial charge in [0.05, 0.1) is 11.3 Å². The lowest BCUT2D eigenvalue weighted by Crippen LogP contribution is -2.31. The fourth-order valence-electron chi connectivity index (χ4n) is 3.00. The molecule has 0 N–H and O–H groups in total. The van der Waals surface area contributed by atoms with Gasteiger partial charge in [0.2, 0.25) is 0 Å². The summed E-state index contributed by atoms with van der Waals surface area (Å²) in [7, 11) is 0. The highest BCUT2D eigenvalue weighted by atomic mass is 32.2. The van der Waals surface area contributed by atoms with E-state index >= 15 is 0 Å². The molecule has 0 aliphatic carbocycles. The number of thiazole rings is 1. The van der Waals surface area contributed by atoms with Gasteiger partial charge in [-0.15, -0.1) is 11.3 Å². The predicted molar refractivity (Wildman–Crippen MR) is 111 cm³/mol. The zero-order valence-electron chi connectivity index (χ0n) is 14.7. The topological polar surface area (TPSA) is 61.6 Å². The van der Waals surface area contributed by atoms with Crippen molar-refractivity contribution in [2.24, 2.45) is 0 Å². The molecule has 4 aromatic rings. The highest BCUT2D eigenvalue weighted by Gasteiger charge is 2.21. The second-order valence-corrected chi connectivity index (χ2v) is 8.42. The average Bonchev–Trinajstić information content (AvgIpc) is 3.20. The highest BCUT2D eigenvalue weighted by molar-refractivity contribution is 8.01. The zero-order valence-corrected chi connectivity index (χ0v) is 16.3. The molecule has 0 radical (unpaired) electrons. The first-order chi connectivity index (χ1) is 13.8. The predicted octanol–water partition coefficient (Wildman–Crippen LogP) is 4.85. The molecule has 28 heavy (non-hydrogen) atoms.